The molecule has 98 valence electrons. The van der Waals surface area contributed by atoms with E-state index in [1.807, 2.05) is 18.4 Å². The van der Waals surface area contributed by atoms with Crippen molar-refractivity contribution < 1.29 is 4.74 Å². The number of aromatic nitrogens is 2. The molecule has 0 amide bonds. The van der Waals surface area contributed by atoms with Crippen LogP contribution < -0.4 is 5.73 Å². The number of nitrogen functional groups attached to an aromatic ring is 1. The van der Waals surface area contributed by atoms with Crippen molar-refractivity contribution in [2.75, 3.05) is 12.3 Å². The highest BCUT2D eigenvalue weighted by atomic mass is 35.5. The summed E-state index contributed by atoms with van der Waals surface area (Å²) in [6.45, 7) is 5.20. The lowest BCUT2D eigenvalue weighted by Gasteiger charge is -2.10. The van der Waals surface area contributed by atoms with Gasteiger partial charge in [0.05, 0.1) is 33.8 Å². The highest BCUT2D eigenvalue weighted by Gasteiger charge is 2.11. The molecule has 0 saturated carbocycles. The van der Waals surface area contributed by atoms with Crippen molar-refractivity contribution in [2.24, 2.45) is 0 Å². The van der Waals surface area contributed by atoms with Crippen LogP contribution >= 0.6 is 23.2 Å². The van der Waals surface area contributed by atoms with Crippen LogP contribution in [0.1, 0.15) is 13.8 Å². The normalized spacial score (nSPS) is 11.6. The Hall–Kier alpha value is -0.970. The van der Waals surface area contributed by atoms with Gasteiger partial charge in [-0.05, 0) is 26.0 Å². The number of benzene rings is 1. The Kier molecular flexibility index (Phi) is 4.00. The minimum atomic E-state index is 0.194. The standard InChI is InChI=1S/C12H15Cl2N3O/c1-7(2)18-4-3-17-11-6-9(14)8(13)5-10(11)16-12(17)15/h5-7H,3-4H2,1-2H3,(H2,15,16). The molecule has 18 heavy (non-hydrogen) atoms. The van der Waals surface area contributed by atoms with Crippen LogP contribution in [-0.2, 0) is 11.3 Å². The van der Waals surface area contributed by atoms with Crippen LogP contribution in [0.5, 0.6) is 0 Å². The number of fused-ring (bicyclic) bond motifs is 1. The monoisotopic (exact) mass is 287 g/mol. The molecule has 0 unspecified atom stereocenters. The first kappa shape index (κ1) is 13.5. The smallest absolute Gasteiger partial charge is 0.201 e. The molecule has 0 spiro atoms. The van der Waals surface area contributed by atoms with Gasteiger partial charge in [-0.3, -0.25) is 0 Å². The summed E-state index contributed by atoms with van der Waals surface area (Å²) in [7, 11) is 0. The molecule has 0 aliphatic rings. The molecule has 0 aliphatic heterocycles. The summed E-state index contributed by atoms with van der Waals surface area (Å²) in [6, 6.07) is 3.49. The number of nitrogens with two attached hydrogens (primary N) is 1. The van der Waals surface area contributed by atoms with Crippen molar-refractivity contribution in [3.63, 3.8) is 0 Å². The molecule has 0 atom stereocenters. The van der Waals surface area contributed by atoms with E-state index in [4.69, 9.17) is 33.7 Å². The molecule has 0 fully saturated rings. The second kappa shape index (κ2) is 5.34. The van der Waals surface area contributed by atoms with Gasteiger partial charge in [0.2, 0.25) is 5.95 Å². The molecule has 2 rings (SSSR count). The Balaban J connectivity index is 2.31. The molecule has 4 nitrogen and oxygen atoms in total. The minimum absolute atomic E-state index is 0.194. The Labute approximate surface area is 116 Å². The summed E-state index contributed by atoms with van der Waals surface area (Å²) in [5, 5.41) is 0.974. The van der Waals surface area contributed by atoms with Crippen molar-refractivity contribution in [3.8, 4) is 0 Å². The zero-order valence-electron chi connectivity index (χ0n) is 10.3. The van der Waals surface area contributed by atoms with Crippen LogP contribution in [0, 0.1) is 0 Å². The van der Waals surface area contributed by atoms with Crippen molar-refractivity contribution in [1.82, 2.24) is 9.55 Å². The van der Waals surface area contributed by atoms with Crippen molar-refractivity contribution in [1.29, 1.82) is 0 Å². The average Bonchev–Trinajstić information content (AvgIpc) is 2.56. The third-order valence-electron chi connectivity index (χ3n) is 2.59. The zero-order chi connectivity index (χ0) is 13.3. The van der Waals surface area contributed by atoms with Crippen molar-refractivity contribution >= 4 is 40.2 Å². The first-order valence-corrected chi connectivity index (χ1v) is 6.47. The molecule has 1 heterocycles. The highest BCUT2D eigenvalue weighted by molar-refractivity contribution is 6.42. The van der Waals surface area contributed by atoms with E-state index in [1.54, 1.807) is 12.1 Å². The minimum Gasteiger partial charge on any atom is -0.377 e. The van der Waals surface area contributed by atoms with E-state index in [1.165, 1.54) is 0 Å². The molecule has 0 radical (unpaired) electrons. The Bertz CT molecular complexity index is 566. The van der Waals surface area contributed by atoms with Crippen LogP contribution in [0.15, 0.2) is 12.1 Å². The average molecular weight is 288 g/mol. The lowest BCUT2D eigenvalue weighted by Crippen LogP contribution is -2.12. The van der Waals surface area contributed by atoms with E-state index in [2.05, 4.69) is 4.98 Å². The number of nitrogens with zero attached hydrogens (tertiary/aromatic N) is 2. The van der Waals surface area contributed by atoms with E-state index in [9.17, 15) is 0 Å². The van der Waals surface area contributed by atoms with Crippen molar-refractivity contribution in [3.05, 3.63) is 22.2 Å². The molecule has 0 bridgehead atoms. The van der Waals surface area contributed by atoms with E-state index in [0.29, 0.717) is 29.1 Å². The van der Waals surface area contributed by atoms with Gasteiger partial charge in [-0.25, -0.2) is 4.98 Å². The van der Waals surface area contributed by atoms with Gasteiger partial charge in [0.1, 0.15) is 0 Å². The fourth-order valence-electron chi connectivity index (χ4n) is 1.75. The van der Waals surface area contributed by atoms with Gasteiger partial charge in [-0.15, -0.1) is 0 Å². The summed E-state index contributed by atoms with van der Waals surface area (Å²) in [4.78, 5) is 4.25. The Morgan fingerprint density at radius 2 is 2.00 bits per heavy atom. The van der Waals surface area contributed by atoms with Gasteiger partial charge in [-0.1, -0.05) is 23.2 Å². The third-order valence-corrected chi connectivity index (χ3v) is 3.31. The van der Waals surface area contributed by atoms with E-state index >= 15 is 0 Å². The topological polar surface area (TPSA) is 53.1 Å². The van der Waals surface area contributed by atoms with Crippen LogP contribution in [0.4, 0.5) is 5.95 Å². The lowest BCUT2D eigenvalue weighted by molar-refractivity contribution is 0.0735. The molecule has 0 aliphatic carbocycles. The van der Waals surface area contributed by atoms with Crippen LogP contribution in [0.3, 0.4) is 0 Å². The van der Waals surface area contributed by atoms with E-state index < -0.39 is 0 Å². The summed E-state index contributed by atoms with van der Waals surface area (Å²) in [6.07, 6.45) is 0.194. The molecule has 2 N–H and O–H groups in total. The largest absolute Gasteiger partial charge is 0.377 e. The second-order valence-corrected chi connectivity index (χ2v) is 5.11. The maximum Gasteiger partial charge on any atom is 0.201 e. The fraction of sp³-hybridized carbons (Fsp3) is 0.417. The predicted octanol–water partition coefficient (Wildman–Crippen LogP) is 3.35. The van der Waals surface area contributed by atoms with Gasteiger partial charge < -0.3 is 15.0 Å². The van der Waals surface area contributed by atoms with Gasteiger partial charge >= 0.3 is 0 Å². The Morgan fingerprint density at radius 3 is 2.67 bits per heavy atom. The lowest BCUT2D eigenvalue weighted by atomic mass is 10.3. The summed E-state index contributed by atoms with van der Waals surface area (Å²) in [5.74, 6) is 0.440. The summed E-state index contributed by atoms with van der Waals surface area (Å²) < 4.78 is 7.38. The van der Waals surface area contributed by atoms with Gasteiger partial charge in [0.25, 0.3) is 0 Å². The summed E-state index contributed by atoms with van der Waals surface area (Å²) in [5.41, 5.74) is 7.49. The molecular formula is C12H15Cl2N3O. The van der Waals surface area contributed by atoms with E-state index in [0.717, 1.165) is 11.0 Å². The number of hydrogen-bond acceptors (Lipinski definition) is 3. The second-order valence-electron chi connectivity index (χ2n) is 4.30. The number of ether oxygens (including phenoxy) is 1. The maximum atomic E-state index is 6.01. The van der Waals surface area contributed by atoms with Crippen LogP contribution in [-0.4, -0.2) is 22.3 Å². The molecule has 1 aromatic carbocycles. The number of anilines is 1. The third kappa shape index (κ3) is 2.71. The number of imidazole rings is 1. The molecule has 1 aromatic heterocycles. The SMILES string of the molecule is CC(C)OCCn1c(N)nc2cc(Cl)c(Cl)cc21. The molecule has 2 aromatic rings. The van der Waals surface area contributed by atoms with E-state index in [-0.39, 0.29) is 6.10 Å². The van der Waals surface area contributed by atoms with Crippen LogP contribution in [0.25, 0.3) is 11.0 Å². The molecule has 0 saturated heterocycles. The Morgan fingerprint density at radius 1 is 1.33 bits per heavy atom. The maximum absolute atomic E-state index is 6.01. The molecule has 6 heteroatoms. The quantitative estimate of drug-likeness (QED) is 0.938. The zero-order valence-corrected chi connectivity index (χ0v) is 11.8. The number of hydrogen-bond donors (Lipinski definition) is 1. The van der Waals surface area contributed by atoms with Gasteiger partial charge in [0.15, 0.2) is 0 Å². The first-order valence-electron chi connectivity index (χ1n) is 5.71. The number of halogens is 2. The molecular weight excluding hydrogens is 273 g/mol. The first-order chi connectivity index (χ1) is 8.49. The van der Waals surface area contributed by atoms with Gasteiger partial charge in [0, 0.05) is 6.54 Å². The van der Waals surface area contributed by atoms with Crippen molar-refractivity contribution in [2.45, 2.75) is 26.5 Å². The number of rotatable bonds is 4. The van der Waals surface area contributed by atoms with Gasteiger partial charge in [-0.2, -0.15) is 0 Å². The predicted molar refractivity (Wildman–Crippen MR) is 75.3 cm³/mol. The highest BCUT2D eigenvalue weighted by Crippen LogP contribution is 2.28. The summed E-state index contributed by atoms with van der Waals surface area (Å²) >= 11 is 12.0. The van der Waals surface area contributed by atoms with Crippen LogP contribution in [0.2, 0.25) is 10.0 Å². The fourth-order valence-corrected chi connectivity index (χ4v) is 2.07.